The summed E-state index contributed by atoms with van der Waals surface area (Å²) in [6, 6.07) is 3.76. The number of amides is 1. The van der Waals surface area contributed by atoms with Crippen LogP contribution in [0.1, 0.15) is 42.5 Å². The second-order valence-electron chi connectivity index (χ2n) is 7.18. The highest BCUT2D eigenvalue weighted by molar-refractivity contribution is 6.02. The summed E-state index contributed by atoms with van der Waals surface area (Å²) in [5, 5.41) is 6.23. The number of hydrogen-bond acceptors (Lipinski definition) is 5. The number of ether oxygens (including phenoxy) is 1. The fourth-order valence-corrected chi connectivity index (χ4v) is 3.77. The van der Waals surface area contributed by atoms with E-state index in [1.165, 1.54) is 32.1 Å². The molecule has 6 heteroatoms. The number of hydrogen-bond donors (Lipinski definition) is 3. The van der Waals surface area contributed by atoms with Gasteiger partial charge in [-0.3, -0.25) is 4.79 Å². The molecule has 0 aromatic heterocycles. The van der Waals surface area contributed by atoms with Gasteiger partial charge in [-0.2, -0.15) is 0 Å². The Morgan fingerprint density at radius 3 is 2.64 bits per heavy atom. The van der Waals surface area contributed by atoms with Gasteiger partial charge in [-0.25, -0.2) is 0 Å². The van der Waals surface area contributed by atoms with Crippen LogP contribution >= 0.6 is 0 Å². The Labute approximate surface area is 150 Å². The quantitative estimate of drug-likeness (QED) is 0.690. The van der Waals surface area contributed by atoms with E-state index in [0.717, 1.165) is 31.0 Å². The second kappa shape index (κ2) is 7.95. The molecule has 2 aliphatic rings. The Bertz CT molecular complexity index is 608. The molecule has 1 saturated heterocycles. The Kier molecular flexibility index (Phi) is 5.68. The zero-order valence-corrected chi connectivity index (χ0v) is 15.3. The lowest BCUT2D eigenvalue weighted by molar-refractivity contribution is 0.0783. The molecule has 0 unspecified atom stereocenters. The zero-order valence-electron chi connectivity index (χ0n) is 15.3. The summed E-state index contributed by atoms with van der Waals surface area (Å²) >= 11 is 0. The van der Waals surface area contributed by atoms with Crippen LogP contribution in [-0.4, -0.2) is 45.8 Å². The van der Waals surface area contributed by atoms with Crippen LogP contribution < -0.4 is 21.3 Å². The van der Waals surface area contributed by atoms with Crippen LogP contribution in [0.5, 0.6) is 0 Å². The normalized spacial score (nSPS) is 18.7. The summed E-state index contributed by atoms with van der Waals surface area (Å²) < 4.78 is 5.36. The van der Waals surface area contributed by atoms with Crippen LogP contribution in [0.25, 0.3) is 0 Å². The van der Waals surface area contributed by atoms with Gasteiger partial charge in [-0.05, 0) is 30.9 Å². The predicted octanol–water partition coefficient (Wildman–Crippen LogP) is 2.46. The lowest BCUT2D eigenvalue weighted by Crippen LogP contribution is -2.52. The predicted molar refractivity (Wildman–Crippen MR) is 102 cm³/mol. The molecule has 1 aromatic carbocycles. The molecular weight excluding hydrogens is 316 g/mol. The fourth-order valence-electron chi connectivity index (χ4n) is 3.77. The Hall–Kier alpha value is -1.95. The molecule has 1 amide bonds. The minimum absolute atomic E-state index is 0.0317. The van der Waals surface area contributed by atoms with E-state index in [-0.39, 0.29) is 12.0 Å². The molecule has 1 aromatic rings. The van der Waals surface area contributed by atoms with Crippen LogP contribution in [0.4, 0.5) is 17.1 Å². The van der Waals surface area contributed by atoms with Crippen molar-refractivity contribution in [2.75, 3.05) is 49.7 Å². The number of carbonyl (C=O) groups excluding carboxylic acids is 1. The van der Waals surface area contributed by atoms with Crippen molar-refractivity contribution in [1.82, 2.24) is 5.32 Å². The SMILES string of the molecule is CNc1cc(N2CC(OC)C2)c(C(=O)NCC2CCCCC2)cc1N. The first-order valence-corrected chi connectivity index (χ1v) is 9.29. The van der Waals surface area contributed by atoms with Gasteiger partial charge in [0.15, 0.2) is 0 Å². The van der Waals surface area contributed by atoms with Crippen molar-refractivity contribution in [2.24, 2.45) is 5.92 Å². The first kappa shape index (κ1) is 17.9. The number of nitrogens with one attached hydrogen (secondary N) is 2. The smallest absolute Gasteiger partial charge is 0.253 e. The minimum atomic E-state index is -0.0317. The van der Waals surface area contributed by atoms with Crippen molar-refractivity contribution < 1.29 is 9.53 Å². The maximum atomic E-state index is 12.8. The minimum Gasteiger partial charge on any atom is -0.397 e. The summed E-state index contributed by atoms with van der Waals surface area (Å²) in [6.07, 6.45) is 6.55. The molecule has 0 atom stereocenters. The molecule has 0 bridgehead atoms. The van der Waals surface area contributed by atoms with Gasteiger partial charge in [0.25, 0.3) is 5.91 Å². The molecule has 25 heavy (non-hydrogen) atoms. The summed E-state index contributed by atoms with van der Waals surface area (Å²) in [5.74, 6) is 0.577. The van der Waals surface area contributed by atoms with Gasteiger partial charge in [-0.15, -0.1) is 0 Å². The molecule has 0 spiro atoms. The van der Waals surface area contributed by atoms with E-state index in [2.05, 4.69) is 15.5 Å². The molecule has 6 nitrogen and oxygen atoms in total. The molecule has 1 aliphatic carbocycles. The van der Waals surface area contributed by atoms with Crippen LogP contribution in [0, 0.1) is 5.92 Å². The van der Waals surface area contributed by atoms with Gasteiger partial charge in [0.05, 0.1) is 28.7 Å². The number of anilines is 3. The van der Waals surface area contributed by atoms with E-state index in [4.69, 9.17) is 10.5 Å². The lowest BCUT2D eigenvalue weighted by Gasteiger charge is -2.41. The number of rotatable bonds is 6. The first-order chi connectivity index (χ1) is 12.1. The van der Waals surface area contributed by atoms with Crippen LogP contribution in [0.2, 0.25) is 0 Å². The number of nitrogens with zero attached hydrogens (tertiary/aromatic N) is 1. The third kappa shape index (κ3) is 4.00. The number of nitrogens with two attached hydrogens (primary N) is 1. The van der Waals surface area contributed by atoms with Gasteiger partial charge in [0.1, 0.15) is 0 Å². The van der Waals surface area contributed by atoms with Crippen molar-refractivity contribution in [1.29, 1.82) is 0 Å². The van der Waals surface area contributed by atoms with Gasteiger partial charge in [-0.1, -0.05) is 19.3 Å². The number of methoxy groups -OCH3 is 1. The van der Waals surface area contributed by atoms with E-state index < -0.39 is 0 Å². The Morgan fingerprint density at radius 1 is 1.28 bits per heavy atom. The molecule has 138 valence electrons. The van der Waals surface area contributed by atoms with Crippen molar-refractivity contribution in [3.8, 4) is 0 Å². The Morgan fingerprint density at radius 2 is 2.00 bits per heavy atom. The molecule has 3 rings (SSSR count). The average molecular weight is 346 g/mol. The van der Waals surface area contributed by atoms with E-state index in [0.29, 0.717) is 17.2 Å². The number of benzene rings is 1. The van der Waals surface area contributed by atoms with Crippen molar-refractivity contribution in [3.05, 3.63) is 17.7 Å². The first-order valence-electron chi connectivity index (χ1n) is 9.29. The summed E-state index contributed by atoms with van der Waals surface area (Å²) in [5.41, 5.74) is 9.13. The summed E-state index contributed by atoms with van der Waals surface area (Å²) in [7, 11) is 3.56. The van der Waals surface area contributed by atoms with Crippen LogP contribution in [-0.2, 0) is 4.74 Å². The number of carbonyl (C=O) groups is 1. The van der Waals surface area contributed by atoms with Crippen molar-refractivity contribution in [3.63, 3.8) is 0 Å². The third-order valence-corrected chi connectivity index (χ3v) is 5.48. The van der Waals surface area contributed by atoms with Gasteiger partial charge >= 0.3 is 0 Å². The van der Waals surface area contributed by atoms with E-state index in [1.54, 1.807) is 13.2 Å². The van der Waals surface area contributed by atoms with Gasteiger partial charge < -0.3 is 26.0 Å². The van der Waals surface area contributed by atoms with Crippen LogP contribution in [0.3, 0.4) is 0 Å². The maximum Gasteiger partial charge on any atom is 0.253 e. The molecular formula is C19H30N4O2. The molecule has 0 radical (unpaired) electrons. The highest BCUT2D eigenvalue weighted by Crippen LogP contribution is 2.33. The van der Waals surface area contributed by atoms with E-state index >= 15 is 0 Å². The number of nitrogen functional groups attached to an aromatic ring is 1. The largest absolute Gasteiger partial charge is 0.397 e. The van der Waals surface area contributed by atoms with Crippen molar-refractivity contribution >= 4 is 23.0 Å². The average Bonchev–Trinajstić information content (AvgIpc) is 2.60. The van der Waals surface area contributed by atoms with Crippen LogP contribution in [0.15, 0.2) is 12.1 Å². The lowest BCUT2D eigenvalue weighted by atomic mass is 9.89. The van der Waals surface area contributed by atoms with Gasteiger partial charge in [0.2, 0.25) is 0 Å². The zero-order chi connectivity index (χ0) is 17.8. The Balaban J connectivity index is 1.73. The topological polar surface area (TPSA) is 79.6 Å². The van der Waals surface area contributed by atoms with E-state index in [1.807, 2.05) is 13.1 Å². The van der Waals surface area contributed by atoms with E-state index in [9.17, 15) is 4.79 Å². The fraction of sp³-hybridized carbons (Fsp3) is 0.632. The summed E-state index contributed by atoms with van der Waals surface area (Å²) in [6.45, 7) is 2.35. The molecule has 1 heterocycles. The van der Waals surface area contributed by atoms with Gasteiger partial charge in [0, 0.05) is 33.8 Å². The highest BCUT2D eigenvalue weighted by Gasteiger charge is 2.30. The standard InChI is InChI=1S/C19H30N4O2/c1-21-17-9-18(23-11-14(12-23)25-2)15(8-16(17)20)19(24)22-10-13-6-4-3-5-7-13/h8-9,13-14,21H,3-7,10-12,20H2,1-2H3,(H,22,24). The molecule has 2 fully saturated rings. The second-order valence-corrected chi connectivity index (χ2v) is 7.18. The summed E-state index contributed by atoms with van der Waals surface area (Å²) in [4.78, 5) is 15.0. The van der Waals surface area contributed by atoms with Crippen molar-refractivity contribution in [2.45, 2.75) is 38.2 Å². The molecule has 1 aliphatic heterocycles. The molecule has 4 N–H and O–H groups in total. The maximum absolute atomic E-state index is 12.8. The molecule has 1 saturated carbocycles. The highest BCUT2D eigenvalue weighted by atomic mass is 16.5. The third-order valence-electron chi connectivity index (χ3n) is 5.48. The monoisotopic (exact) mass is 346 g/mol.